The lowest BCUT2D eigenvalue weighted by Gasteiger charge is -2.38. The van der Waals surface area contributed by atoms with Gasteiger partial charge in [-0.3, -0.25) is 9.59 Å². The number of nitrogens with zero attached hydrogens (tertiary/aromatic N) is 3. The number of hydrogen-bond donors (Lipinski definition) is 1. The third-order valence-corrected chi connectivity index (χ3v) is 10.3. The second-order valence-corrected chi connectivity index (χ2v) is 13.1. The van der Waals surface area contributed by atoms with E-state index in [9.17, 15) is 14.4 Å². The molecule has 1 N–H and O–H groups in total. The first-order valence-corrected chi connectivity index (χ1v) is 15.7. The van der Waals surface area contributed by atoms with Gasteiger partial charge in [0.1, 0.15) is 0 Å². The maximum Gasteiger partial charge on any atom is 0.322 e. The topological polar surface area (TPSA) is 73.0 Å². The third-order valence-electron chi connectivity index (χ3n) is 8.63. The molecule has 2 fully saturated rings. The van der Waals surface area contributed by atoms with E-state index in [4.69, 9.17) is 0 Å². The fraction of sp³-hybridized carbons (Fsp3) is 0.531. The number of carbonyl (C=O) groups is 3. The number of thioether (sulfide) groups is 1. The highest BCUT2D eigenvalue weighted by Crippen LogP contribution is 2.42. The van der Waals surface area contributed by atoms with Crippen LogP contribution in [0.25, 0.3) is 0 Å². The largest absolute Gasteiger partial charge is 0.342 e. The van der Waals surface area contributed by atoms with Crippen LogP contribution in [-0.2, 0) is 16.0 Å². The van der Waals surface area contributed by atoms with Crippen molar-refractivity contribution in [3.05, 3.63) is 65.7 Å². The van der Waals surface area contributed by atoms with Crippen molar-refractivity contribution >= 4 is 35.3 Å². The Labute approximate surface area is 244 Å². The first kappa shape index (κ1) is 28.5. The van der Waals surface area contributed by atoms with E-state index in [0.717, 1.165) is 43.5 Å². The Bertz CT molecular complexity index is 1200. The Morgan fingerprint density at radius 3 is 2.42 bits per heavy atom. The SMILES string of the molecule is CC(C)CCN1C(=O)C(CC(=O)N2CCC(N3CCc4ccccc4NC3=O)CC2)SC1[C@@H](C)c1ccccc1.[HH]. The van der Waals surface area contributed by atoms with Gasteiger partial charge in [-0.15, -0.1) is 11.8 Å². The van der Waals surface area contributed by atoms with Crippen molar-refractivity contribution in [2.75, 3.05) is 31.5 Å². The average molecular weight is 565 g/mol. The third kappa shape index (κ3) is 6.32. The Balaban J connectivity index is 0.00000387. The molecular formula is C32H44N4O3S. The zero-order valence-corrected chi connectivity index (χ0v) is 24.7. The quantitative estimate of drug-likeness (QED) is 0.438. The number of piperidine rings is 1. The fourth-order valence-electron chi connectivity index (χ4n) is 6.14. The summed E-state index contributed by atoms with van der Waals surface area (Å²) in [4.78, 5) is 45.8. The van der Waals surface area contributed by atoms with E-state index in [0.29, 0.717) is 25.6 Å². The summed E-state index contributed by atoms with van der Waals surface area (Å²) < 4.78 is 0. The Hall–Kier alpha value is -3.00. The van der Waals surface area contributed by atoms with Crippen LogP contribution >= 0.6 is 11.8 Å². The van der Waals surface area contributed by atoms with Crippen LogP contribution in [0.2, 0.25) is 0 Å². The van der Waals surface area contributed by atoms with Crippen molar-refractivity contribution in [1.29, 1.82) is 0 Å². The summed E-state index contributed by atoms with van der Waals surface area (Å²) in [5.41, 5.74) is 3.27. The minimum Gasteiger partial charge on any atom is -0.342 e. The Morgan fingerprint density at radius 2 is 1.70 bits per heavy atom. The van der Waals surface area contributed by atoms with Crippen LogP contribution < -0.4 is 5.32 Å². The molecule has 7 nitrogen and oxygen atoms in total. The molecule has 0 bridgehead atoms. The lowest BCUT2D eigenvalue weighted by Crippen LogP contribution is -2.50. The molecule has 0 spiro atoms. The molecule has 3 heterocycles. The Morgan fingerprint density at radius 1 is 1.00 bits per heavy atom. The smallest absolute Gasteiger partial charge is 0.322 e. The van der Waals surface area contributed by atoms with Crippen LogP contribution in [0.1, 0.15) is 64.9 Å². The molecule has 2 aromatic carbocycles. The number of nitrogens with one attached hydrogen (secondary N) is 1. The van der Waals surface area contributed by atoms with Gasteiger partial charge in [0.15, 0.2) is 0 Å². The summed E-state index contributed by atoms with van der Waals surface area (Å²) in [7, 11) is 0. The van der Waals surface area contributed by atoms with Crippen molar-refractivity contribution in [2.45, 2.75) is 75.5 Å². The summed E-state index contributed by atoms with van der Waals surface area (Å²) >= 11 is 1.66. The summed E-state index contributed by atoms with van der Waals surface area (Å²) in [5.74, 6) is 0.841. The fourth-order valence-corrected chi connectivity index (χ4v) is 7.72. The number of para-hydroxylation sites is 1. The number of hydrogen-bond acceptors (Lipinski definition) is 4. The van der Waals surface area contributed by atoms with Crippen LogP contribution in [0.3, 0.4) is 0 Å². The molecule has 4 amide bonds. The second-order valence-electron chi connectivity index (χ2n) is 11.8. The predicted octanol–water partition coefficient (Wildman–Crippen LogP) is 5.82. The second kappa shape index (κ2) is 12.7. The number of benzene rings is 2. The van der Waals surface area contributed by atoms with E-state index in [1.807, 2.05) is 51.1 Å². The molecule has 8 heteroatoms. The van der Waals surface area contributed by atoms with E-state index in [-0.39, 0.29) is 48.3 Å². The summed E-state index contributed by atoms with van der Waals surface area (Å²) in [6.45, 7) is 9.20. The molecule has 3 atom stereocenters. The lowest BCUT2D eigenvalue weighted by molar-refractivity contribution is -0.137. The van der Waals surface area contributed by atoms with E-state index in [1.54, 1.807) is 11.8 Å². The molecule has 0 radical (unpaired) electrons. The number of rotatable bonds is 8. The van der Waals surface area contributed by atoms with Crippen molar-refractivity contribution in [1.82, 2.24) is 14.7 Å². The number of carbonyl (C=O) groups excluding carboxylic acids is 3. The van der Waals surface area contributed by atoms with Gasteiger partial charge in [-0.1, -0.05) is 69.3 Å². The summed E-state index contributed by atoms with van der Waals surface area (Å²) in [6, 6.07) is 18.4. The minimum atomic E-state index is -0.344. The predicted molar refractivity (Wildman–Crippen MR) is 163 cm³/mol. The van der Waals surface area contributed by atoms with E-state index < -0.39 is 0 Å². The highest BCUT2D eigenvalue weighted by atomic mass is 32.2. The molecule has 5 rings (SSSR count). The van der Waals surface area contributed by atoms with Crippen molar-refractivity contribution in [3.8, 4) is 0 Å². The molecule has 3 aliphatic heterocycles. The molecule has 2 saturated heterocycles. The minimum absolute atomic E-state index is 0. The summed E-state index contributed by atoms with van der Waals surface area (Å²) in [6.07, 6.45) is 3.54. The van der Waals surface area contributed by atoms with Crippen LogP contribution in [-0.4, -0.2) is 75.4 Å². The number of fused-ring (bicyclic) bond motifs is 1. The molecule has 216 valence electrons. The monoisotopic (exact) mass is 564 g/mol. The van der Waals surface area contributed by atoms with Gasteiger partial charge >= 0.3 is 6.03 Å². The standard InChI is InChI=1S/C32H42N4O3S.H2/c1-22(2)13-19-36-30(38)28(40-31(36)23(3)24-9-5-4-6-10-24)21-29(37)34-17-15-26(16-18-34)35-20-14-25-11-7-8-12-27(25)33-32(35)39;/h4-12,22-23,26,28,31H,13-21H2,1-3H3,(H,33,39);1H/t23-,28?,31?;/m0./s1. The number of urea groups is 1. The lowest BCUT2D eigenvalue weighted by atomic mass is 9.99. The maximum absolute atomic E-state index is 13.6. The molecular weight excluding hydrogens is 520 g/mol. The number of amides is 4. The van der Waals surface area contributed by atoms with Gasteiger partial charge in [-0.05, 0) is 48.8 Å². The zero-order chi connectivity index (χ0) is 28.2. The number of anilines is 1. The molecule has 0 aliphatic carbocycles. The van der Waals surface area contributed by atoms with E-state index >= 15 is 0 Å². The van der Waals surface area contributed by atoms with Gasteiger partial charge in [0.25, 0.3) is 0 Å². The van der Waals surface area contributed by atoms with E-state index in [1.165, 1.54) is 5.56 Å². The molecule has 2 aromatic rings. The van der Waals surface area contributed by atoms with Crippen molar-refractivity contribution in [2.24, 2.45) is 5.92 Å². The van der Waals surface area contributed by atoms with Gasteiger partial charge in [-0.25, -0.2) is 4.79 Å². The first-order valence-electron chi connectivity index (χ1n) is 14.8. The highest BCUT2D eigenvalue weighted by molar-refractivity contribution is 8.01. The van der Waals surface area contributed by atoms with Crippen molar-refractivity contribution < 1.29 is 15.8 Å². The van der Waals surface area contributed by atoms with Gasteiger partial charge in [0.05, 0.1) is 10.6 Å². The van der Waals surface area contributed by atoms with Crippen LogP contribution in [0.5, 0.6) is 0 Å². The maximum atomic E-state index is 13.6. The van der Waals surface area contributed by atoms with Crippen LogP contribution in [0, 0.1) is 5.92 Å². The Kier molecular flexibility index (Phi) is 9.03. The molecule has 0 aromatic heterocycles. The molecule has 3 aliphatic rings. The average Bonchev–Trinajstić information content (AvgIpc) is 3.16. The van der Waals surface area contributed by atoms with Gasteiger partial charge in [0, 0.05) is 51.7 Å². The normalized spacial score (nSPS) is 22.8. The first-order chi connectivity index (χ1) is 19.3. The van der Waals surface area contributed by atoms with Crippen LogP contribution in [0.15, 0.2) is 54.6 Å². The summed E-state index contributed by atoms with van der Waals surface area (Å²) in [5, 5.41) is 2.75. The van der Waals surface area contributed by atoms with E-state index in [2.05, 4.69) is 44.3 Å². The zero-order valence-electron chi connectivity index (χ0n) is 23.9. The molecule has 40 heavy (non-hydrogen) atoms. The van der Waals surface area contributed by atoms with Gasteiger partial charge < -0.3 is 20.0 Å². The molecule has 2 unspecified atom stereocenters. The van der Waals surface area contributed by atoms with Gasteiger partial charge in [0.2, 0.25) is 11.8 Å². The van der Waals surface area contributed by atoms with Gasteiger partial charge in [-0.2, -0.15) is 0 Å². The molecule has 0 saturated carbocycles. The van der Waals surface area contributed by atoms with Crippen molar-refractivity contribution in [3.63, 3.8) is 0 Å². The highest BCUT2D eigenvalue weighted by Gasteiger charge is 2.44. The number of likely N-dealkylation sites (tertiary alicyclic amines) is 1. The van der Waals surface area contributed by atoms with Crippen LogP contribution in [0.4, 0.5) is 10.5 Å².